The molecule has 0 aromatic rings. The van der Waals surface area contributed by atoms with Crippen molar-refractivity contribution in [2.24, 2.45) is 28.6 Å². The largest absolute Gasteiger partial charge is 0.534 e. The molecule has 9 heteroatoms. The molecule has 5 nitrogen and oxygen atoms in total. The van der Waals surface area contributed by atoms with Crippen LogP contribution in [0.3, 0.4) is 0 Å². The third-order valence-electron chi connectivity index (χ3n) is 8.30. The fraction of sp³-hybridized carbons (Fsp3) is 0.762. The summed E-state index contributed by atoms with van der Waals surface area (Å²) in [5.74, 6) is 0.631. The van der Waals surface area contributed by atoms with Gasteiger partial charge in [0, 0.05) is 11.8 Å². The third-order valence-corrected chi connectivity index (χ3v) is 9.27. The van der Waals surface area contributed by atoms with Crippen LogP contribution >= 0.6 is 0 Å². The predicted molar refractivity (Wildman–Crippen MR) is 102 cm³/mol. The molecule has 0 N–H and O–H groups in total. The Morgan fingerprint density at radius 3 is 2.43 bits per heavy atom. The fourth-order valence-electron chi connectivity index (χ4n) is 6.64. The number of hydrogen-bond donors (Lipinski definition) is 0. The molecule has 2 fully saturated rings. The molecule has 6 atom stereocenters. The highest BCUT2D eigenvalue weighted by molar-refractivity contribution is 7.87. The van der Waals surface area contributed by atoms with E-state index in [1.165, 1.54) is 5.57 Å². The van der Waals surface area contributed by atoms with E-state index in [0.717, 1.165) is 32.1 Å². The van der Waals surface area contributed by atoms with Gasteiger partial charge in [-0.25, -0.2) is 0 Å². The first kappa shape index (κ1) is 21.7. The van der Waals surface area contributed by atoms with Gasteiger partial charge in [-0.3, -0.25) is 4.79 Å². The van der Waals surface area contributed by atoms with Crippen LogP contribution in [0.25, 0.3) is 0 Å². The standard InChI is InChI=1S/C21H27F3O5S/c1-19-9-7-14(28-12-25)11-13(19)3-4-15-16-5-6-18(20(16,2)10-8-17(15)19)29-30(26,27)21(22,23)24/h3,6,12,14-17H,4-5,7-11H2,1-2H3/t14-,15?,16-,17-,19-,20-/m0/s1. The van der Waals surface area contributed by atoms with Crippen molar-refractivity contribution in [3.05, 3.63) is 23.5 Å². The Bertz CT molecular complexity index is 893. The lowest BCUT2D eigenvalue weighted by Gasteiger charge is -2.57. The summed E-state index contributed by atoms with van der Waals surface area (Å²) in [4.78, 5) is 10.7. The quantitative estimate of drug-likeness (QED) is 0.266. The van der Waals surface area contributed by atoms with E-state index in [2.05, 4.69) is 17.2 Å². The van der Waals surface area contributed by atoms with Crippen LogP contribution in [0.4, 0.5) is 13.2 Å². The molecule has 0 saturated heterocycles. The zero-order valence-corrected chi connectivity index (χ0v) is 17.9. The number of allylic oxidation sites excluding steroid dienone is 3. The Morgan fingerprint density at radius 2 is 1.77 bits per heavy atom. The zero-order valence-electron chi connectivity index (χ0n) is 17.1. The maximum Gasteiger partial charge on any atom is 0.534 e. The molecule has 0 aromatic carbocycles. The molecular formula is C21H27F3O5S. The van der Waals surface area contributed by atoms with Crippen molar-refractivity contribution >= 4 is 16.6 Å². The predicted octanol–water partition coefficient (Wildman–Crippen LogP) is 4.85. The fourth-order valence-corrected chi connectivity index (χ4v) is 7.23. The molecular weight excluding hydrogens is 421 g/mol. The van der Waals surface area contributed by atoms with Crippen LogP contribution < -0.4 is 0 Å². The molecule has 2 saturated carbocycles. The van der Waals surface area contributed by atoms with Gasteiger partial charge >= 0.3 is 15.6 Å². The van der Waals surface area contributed by atoms with E-state index < -0.39 is 21.0 Å². The minimum absolute atomic E-state index is 0.0192. The van der Waals surface area contributed by atoms with Crippen LogP contribution in [0.1, 0.15) is 58.8 Å². The summed E-state index contributed by atoms with van der Waals surface area (Å²) in [5.41, 5.74) is -4.85. The molecule has 0 bridgehead atoms. The van der Waals surface area contributed by atoms with E-state index in [-0.39, 0.29) is 29.1 Å². The van der Waals surface area contributed by atoms with E-state index in [0.29, 0.717) is 25.2 Å². The van der Waals surface area contributed by atoms with Gasteiger partial charge in [-0.15, -0.1) is 0 Å². The lowest BCUT2D eigenvalue weighted by atomic mass is 9.48. The second-order valence-electron chi connectivity index (χ2n) is 9.60. The number of ether oxygens (including phenoxy) is 1. The van der Waals surface area contributed by atoms with E-state index in [9.17, 15) is 26.4 Å². The Hall–Kier alpha value is -1.51. The van der Waals surface area contributed by atoms with Gasteiger partial charge in [0.05, 0.1) is 0 Å². The number of halogens is 3. The maximum absolute atomic E-state index is 12.8. The molecule has 4 aliphatic carbocycles. The molecule has 0 aliphatic heterocycles. The molecule has 1 unspecified atom stereocenters. The Labute approximate surface area is 174 Å². The van der Waals surface area contributed by atoms with E-state index in [1.807, 2.05) is 6.92 Å². The number of rotatable bonds is 4. The molecule has 0 spiro atoms. The van der Waals surface area contributed by atoms with Crippen molar-refractivity contribution in [3.8, 4) is 0 Å². The first-order valence-electron chi connectivity index (χ1n) is 10.4. The van der Waals surface area contributed by atoms with Crippen LogP contribution in [0, 0.1) is 28.6 Å². The SMILES string of the molecule is C[C@]12CC[C@H](OC=O)CC1=CCC1[C@@H]2CC[C@]2(C)C(OS(=O)(=O)C(F)(F)F)=CC[C@@H]12. The van der Waals surface area contributed by atoms with Gasteiger partial charge in [-0.05, 0) is 67.8 Å². The first-order chi connectivity index (χ1) is 13.9. The first-order valence-corrected chi connectivity index (χ1v) is 11.8. The Morgan fingerprint density at radius 1 is 1.07 bits per heavy atom. The molecule has 4 rings (SSSR count). The van der Waals surface area contributed by atoms with Crippen molar-refractivity contribution in [1.29, 1.82) is 0 Å². The van der Waals surface area contributed by atoms with Crippen molar-refractivity contribution in [1.82, 2.24) is 0 Å². The molecule has 168 valence electrons. The lowest BCUT2D eigenvalue weighted by molar-refractivity contribution is -0.135. The second kappa shape index (κ2) is 7.00. The zero-order chi connectivity index (χ0) is 21.9. The molecule has 0 amide bonds. The highest BCUT2D eigenvalue weighted by Crippen LogP contribution is 2.65. The summed E-state index contributed by atoms with van der Waals surface area (Å²) in [6.07, 6.45) is 8.84. The van der Waals surface area contributed by atoms with Gasteiger partial charge in [0.25, 0.3) is 6.47 Å². The number of alkyl halides is 3. The van der Waals surface area contributed by atoms with Gasteiger partial charge < -0.3 is 8.92 Å². The topological polar surface area (TPSA) is 69.7 Å². The van der Waals surface area contributed by atoms with Gasteiger partial charge in [0.15, 0.2) is 0 Å². The normalized spacial score (nSPS) is 41.0. The smallest absolute Gasteiger partial charge is 0.464 e. The van der Waals surface area contributed by atoms with Crippen LogP contribution in [0.15, 0.2) is 23.5 Å². The summed E-state index contributed by atoms with van der Waals surface area (Å²) in [6.45, 7) is 4.60. The van der Waals surface area contributed by atoms with E-state index in [4.69, 9.17) is 4.74 Å². The van der Waals surface area contributed by atoms with E-state index in [1.54, 1.807) is 6.08 Å². The van der Waals surface area contributed by atoms with Crippen LogP contribution in [-0.4, -0.2) is 26.5 Å². The van der Waals surface area contributed by atoms with Gasteiger partial charge in [0.2, 0.25) is 0 Å². The van der Waals surface area contributed by atoms with Crippen LogP contribution in [0.5, 0.6) is 0 Å². The molecule has 0 radical (unpaired) electrons. The second-order valence-corrected chi connectivity index (χ2v) is 11.1. The van der Waals surface area contributed by atoms with E-state index >= 15 is 0 Å². The minimum Gasteiger partial charge on any atom is -0.464 e. The molecule has 0 aromatic heterocycles. The molecule has 4 aliphatic rings. The van der Waals surface area contributed by atoms with Gasteiger partial charge in [-0.1, -0.05) is 25.5 Å². The number of fused-ring (bicyclic) bond motifs is 5. The molecule has 30 heavy (non-hydrogen) atoms. The van der Waals surface area contributed by atoms with Crippen molar-refractivity contribution in [3.63, 3.8) is 0 Å². The van der Waals surface area contributed by atoms with Crippen molar-refractivity contribution < 1.29 is 35.3 Å². The highest BCUT2D eigenvalue weighted by atomic mass is 32.2. The monoisotopic (exact) mass is 448 g/mol. The number of hydrogen-bond acceptors (Lipinski definition) is 5. The van der Waals surface area contributed by atoms with Gasteiger partial charge in [-0.2, -0.15) is 21.6 Å². The van der Waals surface area contributed by atoms with Crippen molar-refractivity contribution in [2.75, 3.05) is 0 Å². The number of carbonyl (C=O) groups is 1. The lowest BCUT2D eigenvalue weighted by Crippen LogP contribution is -2.50. The maximum atomic E-state index is 12.8. The van der Waals surface area contributed by atoms with Crippen LogP contribution in [-0.2, 0) is 23.8 Å². The molecule has 0 heterocycles. The summed E-state index contributed by atoms with van der Waals surface area (Å²) >= 11 is 0. The van der Waals surface area contributed by atoms with Gasteiger partial charge in [0.1, 0.15) is 11.9 Å². The Balaban J connectivity index is 1.57. The summed E-state index contributed by atoms with van der Waals surface area (Å²) in [5, 5.41) is 0. The average molecular weight is 449 g/mol. The average Bonchev–Trinajstić information content (AvgIpc) is 2.97. The minimum atomic E-state index is -5.66. The number of carbonyl (C=O) groups excluding carboxylic acids is 1. The Kier molecular flexibility index (Phi) is 5.07. The summed E-state index contributed by atoms with van der Waals surface area (Å²) < 4.78 is 71.6. The summed E-state index contributed by atoms with van der Waals surface area (Å²) in [7, 11) is -5.66. The highest BCUT2D eigenvalue weighted by Gasteiger charge is 2.59. The third kappa shape index (κ3) is 3.19. The van der Waals surface area contributed by atoms with Crippen molar-refractivity contribution in [2.45, 2.75) is 70.4 Å². The van der Waals surface area contributed by atoms with Crippen LogP contribution in [0.2, 0.25) is 0 Å². The summed E-state index contributed by atoms with van der Waals surface area (Å²) in [6, 6.07) is 0.